The Balaban J connectivity index is 1.80. The van der Waals surface area contributed by atoms with E-state index in [0.717, 1.165) is 0 Å². The Morgan fingerprint density at radius 2 is 2.18 bits per heavy atom. The van der Waals surface area contributed by atoms with Crippen molar-refractivity contribution in [1.82, 2.24) is 4.90 Å². The van der Waals surface area contributed by atoms with Crippen molar-refractivity contribution >= 4 is 51.0 Å². The van der Waals surface area contributed by atoms with E-state index in [4.69, 9.17) is 21.1 Å². The Hall–Kier alpha value is -1.94. The van der Waals surface area contributed by atoms with E-state index >= 15 is 0 Å². The summed E-state index contributed by atoms with van der Waals surface area (Å²) >= 11 is 10.0. The third-order valence-electron chi connectivity index (χ3n) is 6.86. The largest absolute Gasteiger partial charge is 0.466 e. The van der Waals surface area contributed by atoms with Gasteiger partial charge in [0.05, 0.1) is 35.3 Å². The number of carbonyl (C=O) groups excluding carboxylic acids is 3. The van der Waals surface area contributed by atoms with Gasteiger partial charge in [-0.2, -0.15) is 0 Å². The minimum atomic E-state index is -1.19. The summed E-state index contributed by atoms with van der Waals surface area (Å²) in [5.74, 6) is -2.85. The van der Waals surface area contributed by atoms with Gasteiger partial charge in [0.15, 0.2) is 0 Å². The second-order valence-corrected chi connectivity index (χ2v) is 10.3. The van der Waals surface area contributed by atoms with Crippen molar-refractivity contribution in [2.45, 2.75) is 42.3 Å². The number of amides is 2. The van der Waals surface area contributed by atoms with E-state index < -0.39 is 35.6 Å². The first-order valence-corrected chi connectivity index (χ1v) is 12.7. The number of ether oxygens (including phenoxy) is 2. The summed E-state index contributed by atoms with van der Waals surface area (Å²) in [4.78, 5) is 43.6. The molecule has 1 unspecified atom stereocenters. The Labute approximate surface area is 211 Å². The summed E-state index contributed by atoms with van der Waals surface area (Å²) in [5.41, 5.74) is -0.700. The molecule has 184 valence electrons. The normalized spacial score (nSPS) is 31.5. The van der Waals surface area contributed by atoms with E-state index in [9.17, 15) is 19.5 Å². The van der Waals surface area contributed by atoms with Crippen molar-refractivity contribution in [2.24, 2.45) is 11.8 Å². The number of para-hydroxylation sites is 1. The summed E-state index contributed by atoms with van der Waals surface area (Å²) < 4.78 is 11.7. The Bertz CT molecular complexity index is 992. The molecule has 0 aromatic heterocycles. The van der Waals surface area contributed by atoms with Crippen LogP contribution in [0.1, 0.15) is 19.8 Å². The average Bonchev–Trinajstić information content (AvgIpc) is 3.40. The number of hydrogen-bond donors (Lipinski definition) is 1. The van der Waals surface area contributed by atoms with Crippen LogP contribution in [0.5, 0.6) is 0 Å². The first-order valence-electron chi connectivity index (χ1n) is 11.4. The highest BCUT2D eigenvalue weighted by Gasteiger charge is 2.77. The van der Waals surface area contributed by atoms with E-state index in [1.54, 1.807) is 37.3 Å². The second kappa shape index (κ2) is 9.97. The number of aliphatic hydroxyl groups is 1. The lowest BCUT2D eigenvalue weighted by Crippen LogP contribution is -2.57. The van der Waals surface area contributed by atoms with Crippen LogP contribution in [-0.2, 0) is 23.9 Å². The first-order chi connectivity index (χ1) is 16.3. The molecule has 1 aromatic carbocycles. The number of hydrogen-bond acceptors (Lipinski definition) is 6. The third-order valence-corrected chi connectivity index (χ3v) is 8.02. The molecular weight excluding hydrogens is 528 g/mol. The number of carbonyl (C=O) groups is 3. The number of esters is 1. The Morgan fingerprint density at radius 3 is 2.82 bits per heavy atom. The van der Waals surface area contributed by atoms with Gasteiger partial charge < -0.3 is 24.4 Å². The molecule has 3 heterocycles. The zero-order chi connectivity index (χ0) is 24.6. The summed E-state index contributed by atoms with van der Waals surface area (Å²) in [6, 6.07) is 5.98. The molecule has 10 heteroatoms. The van der Waals surface area contributed by atoms with Crippen molar-refractivity contribution in [1.29, 1.82) is 0 Å². The van der Waals surface area contributed by atoms with E-state index in [1.807, 2.05) is 0 Å². The molecule has 3 fully saturated rings. The summed E-state index contributed by atoms with van der Waals surface area (Å²) in [6.07, 6.45) is 1.70. The number of aliphatic hydroxyl groups excluding tert-OH is 1. The Kier molecular flexibility index (Phi) is 7.38. The van der Waals surface area contributed by atoms with Crippen LogP contribution in [0.15, 0.2) is 36.9 Å². The van der Waals surface area contributed by atoms with Crippen LogP contribution in [0.2, 0.25) is 5.02 Å². The lowest BCUT2D eigenvalue weighted by atomic mass is 9.70. The van der Waals surface area contributed by atoms with E-state index in [0.29, 0.717) is 17.1 Å². The molecule has 6 atom stereocenters. The second-order valence-electron chi connectivity index (χ2n) is 8.71. The lowest BCUT2D eigenvalue weighted by Gasteiger charge is -2.37. The van der Waals surface area contributed by atoms with Gasteiger partial charge in [-0.3, -0.25) is 14.4 Å². The number of alkyl halides is 1. The first kappa shape index (κ1) is 25.2. The molecule has 4 rings (SSSR count). The summed E-state index contributed by atoms with van der Waals surface area (Å²) in [5, 5.41) is 9.84. The monoisotopic (exact) mass is 554 g/mol. The molecule has 0 saturated carbocycles. The predicted molar refractivity (Wildman–Crippen MR) is 130 cm³/mol. The lowest BCUT2D eigenvalue weighted by molar-refractivity contribution is -0.154. The van der Waals surface area contributed by atoms with Crippen LogP contribution in [0, 0.1) is 11.8 Å². The smallest absolute Gasteiger partial charge is 0.312 e. The molecule has 34 heavy (non-hydrogen) atoms. The fourth-order valence-corrected chi connectivity index (χ4v) is 6.83. The molecule has 2 bridgehead atoms. The quantitative estimate of drug-likeness (QED) is 0.286. The maximum Gasteiger partial charge on any atom is 0.312 e. The number of benzene rings is 1. The average molecular weight is 556 g/mol. The fraction of sp³-hybridized carbons (Fsp3) is 0.542. The zero-order valence-corrected chi connectivity index (χ0v) is 21.2. The molecule has 1 N–H and O–H groups in total. The predicted octanol–water partition coefficient (Wildman–Crippen LogP) is 2.55. The van der Waals surface area contributed by atoms with Crippen molar-refractivity contribution in [3.8, 4) is 0 Å². The summed E-state index contributed by atoms with van der Waals surface area (Å²) in [7, 11) is 0. The van der Waals surface area contributed by atoms with Crippen LogP contribution >= 0.6 is 27.5 Å². The number of anilines is 1. The topological polar surface area (TPSA) is 96.4 Å². The van der Waals surface area contributed by atoms with Crippen LogP contribution in [0.3, 0.4) is 0 Å². The van der Waals surface area contributed by atoms with E-state index in [1.165, 1.54) is 9.80 Å². The van der Waals surface area contributed by atoms with Gasteiger partial charge in [-0.25, -0.2) is 0 Å². The molecule has 3 aliphatic rings. The standard InChI is InChI=1S/C24H28BrClN2O6/c1-3-10-27(16-9-6-5-8-15(16)26)22(31)20-24-13-14(25)19(34-24)17(23(32)33-4-2)18(24)21(30)28(20)11-7-12-29/h3,5-6,8-9,14,17-20,29H,1,4,7,10-13H2,2H3/t14?,17-,18+,19-,20-,24+/m1/s1. The minimum absolute atomic E-state index is 0.144. The van der Waals surface area contributed by atoms with Crippen LogP contribution < -0.4 is 4.90 Å². The molecule has 0 aliphatic carbocycles. The summed E-state index contributed by atoms with van der Waals surface area (Å²) in [6.45, 7) is 5.85. The third kappa shape index (κ3) is 3.86. The highest BCUT2D eigenvalue weighted by Crippen LogP contribution is 2.60. The van der Waals surface area contributed by atoms with Crippen molar-refractivity contribution in [3.05, 3.63) is 41.9 Å². The number of rotatable bonds is 9. The van der Waals surface area contributed by atoms with Crippen LogP contribution in [0.25, 0.3) is 0 Å². The van der Waals surface area contributed by atoms with Gasteiger partial charge in [0.1, 0.15) is 11.6 Å². The maximum atomic E-state index is 14.2. The molecule has 2 amide bonds. The molecular formula is C24H28BrClN2O6. The Morgan fingerprint density at radius 1 is 1.44 bits per heavy atom. The van der Waals surface area contributed by atoms with Crippen LogP contribution in [-0.4, -0.2) is 76.7 Å². The van der Waals surface area contributed by atoms with Gasteiger partial charge in [0.2, 0.25) is 5.91 Å². The van der Waals surface area contributed by atoms with E-state index in [-0.39, 0.29) is 49.4 Å². The van der Waals surface area contributed by atoms with Crippen LogP contribution in [0.4, 0.5) is 5.69 Å². The number of likely N-dealkylation sites (tertiary alicyclic amines) is 1. The molecule has 3 aliphatic heterocycles. The van der Waals surface area contributed by atoms with Gasteiger partial charge in [0.25, 0.3) is 5.91 Å². The van der Waals surface area contributed by atoms with E-state index in [2.05, 4.69) is 22.5 Å². The van der Waals surface area contributed by atoms with Gasteiger partial charge in [-0.15, -0.1) is 6.58 Å². The van der Waals surface area contributed by atoms with Gasteiger partial charge in [-0.1, -0.05) is 45.7 Å². The molecule has 1 spiro atoms. The van der Waals surface area contributed by atoms with Gasteiger partial charge >= 0.3 is 5.97 Å². The van der Waals surface area contributed by atoms with Gasteiger partial charge in [-0.05, 0) is 31.9 Å². The highest BCUT2D eigenvalue weighted by molar-refractivity contribution is 9.09. The number of nitrogens with zero attached hydrogens (tertiary/aromatic N) is 2. The fourth-order valence-electron chi connectivity index (χ4n) is 5.65. The van der Waals surface area contributed by atoms with Crippen molar-refractivity contribution in [3.63, 3.8) is 0 Å². The number of fused-ring (bicyclic) bond motifs is 1. The zero-order valence-electron chi connectivity index (χ0n) is 18.9. The molecule has 0 radical (unpaired) electrons. The SMILES string of the molecule is C=CCN(C(=O)[C@H]1N(CCCO)C(=O)[C@@H]2[C@@H](C(=O)OCC)[C@@H]3O[C@@]21CC3Br)c1ccccc1Cl. The van der Waals surface area contributed by atoms with Crippen molar-refractivity contribution in [2.75, 3.05) is 31.2 Å². The molecule has 1 aromatic rings. The molecule has 3 saturated heterocycles. The van der Waals surface area contributed by atoms with Crippen molar-refractivity contribution < 1.29 is 29.0 Å². The molecule has 8 nitrogen and oxygen atoms in total. The number of halogens is 2. The minimum Gasteiger partial charge on any atom is -0.466 e. The van der Waals surface area contributed by atoms with Gasteiger partial charge in [0, 0.05) is 24.5 Å². The maximum absolute atomic E-state index is 14.2. The highest BCUT2D eigenvalue weighted by atomic mass is 79.9.